The van der Waals surface area contributed by atoms with E-state index in [4.69, 9.17) is 19.9 Å². The molecule has 0 fully saturated rings. The minimum absolute atomic E-state index is 0.106. The summed E-state index contributed by atoms with van der Waals surface area (Å²) in [5.41, 5.74) is 32.7. The van der Waals surface area contributed by atoms with Crippen LogP contribution >= 0.6 is 0 Å². The molecule has 6 aromatic heterocycles. The molecular weight excluding hydrogens is 1520 g/mol. The van der Waals surface area contributed by atoms with E-state index in [0.29, 0.717) is 5.56 Å². The Morgan fingerprint density at radius 1 is 0.256 bits per heavy atom. The minimum atomic E-state index is -0.458. The van der Waals surface area contributed by atoms with Crippen molar-refractivity contribution in [3.8, 4) is 62.5 Å². The van der Waals surface area contributed by atoms with E-state index in [1.807, 2.05) is 6.07 Å². The molecule has 634 valence electrons. The fourth-order valence-corrected chi connectivity index (χ4v) is 18.6. The molecule has 0 radical (unpaired) electrons. The van der Waals surface area contributed by atoms with Crippen LogP contribution in [-0.2, 0) is 54.1 Å². The molecule has 0 unspecified atom stereocenters. The first-order valence-corrected chi connectivity index (χ1v) is 45.2. The Kier molecular flexibility index (Phi) is 20.0. The number of anilines is 6. The van der Waals surface area contributed by atoms with Gasteiger partial charge in [0.15, 0.2) is 0 Å². The van der Waals surface area contributed by atoms with Crippen molar-refractivity contribution in [3.05, 3.63) is 280 Å². The van der Waals surface area contributed by atoms with Crippen LogP contribution in [0.1, 0.15) is 269 Å². The second-order valence-corrected chi connectivity index (χ2v) is 46.2. The molecule has 9 aromatic carbocycles. The topological polar surface area (TPSA) is 91.7 Å². The summed E-state index contributed by atoms with van der Waals surface area (Å²) in [6.07, 6.45) is 0. The molecular formula is C115H126BN9. The highest BCUT2D eigenvalue weighted by Crippen LogP contribution is 2.57. The third-order valence-electron chi connectivity index (χ3n) is 26.3. The van der Waals surface area contributed by atoms with Crippen molar-refractivity contribution in [2.24, 2.45) is 0 Å². The van der Waals surface area contributed by atoms with Crippen LogP contribution in [0, 0.1) is 11.3 Å². The number of nitrogens with zero attached hydrogens (tertiary/aromatic N) is 9. The van der Waals surface area contributed by atoms with Gasteiger partial charge in [0.05, 0.1) is 67.8 Å². The lowest BCUT2D eigenvalue weighted by Gasteiger charge is -2.46. The second kappa shape index (κ2) is 29.2. The molecule has 2 aliphatic heterocycles. The smallest absolute Gasteiger partial charge is 0.252 e. The Bertz CT molecular complexity index is 6730. The monoisotopic (exact) mass is 1640 g/mol. The predicted molar refractivity (Wildman–Crippen MR) is 534 cm³/mol. The van der Waals surface area contributed by atoms with E-state index in [1.165, 1.54) is 38.6 Å². The average Bonchev–Trinajstić information content (AvgIpc) is 0.909. The van der Waals surface area contributed by atoms with Crippen LogP contribution in [0.5, 0.6) is 0 Å². The number of rotatable bonds is 8. The number of nitriles is 1. The summed E-state index contributed by atoms with van der Waals surface area (Å²) in [5.74, 6) is 0. The van der Waals surface area contributed by atoms with Gasteiger partial charge in [0, 0.05) is 122 Å². The zero-order valence-corrected chi connectivity index (χ0v) is 79.9. The van der Waals surface area contributed by atoms with E-state index in [1.54, 1.807) is 0 Å². The maximum absolute atomic E-state index is 10.8. The Hall–Kier alpha value is -11.7. The first-order valence-electron chi connectivity index (χ1n) is 45.2. The van der Waals surface area contributed by atoms with Crippen molar-refractivity contribution in [3.63, 3.8) is 0 Å². The molecule has 0 amide bonds. The van der Waals surface area contributed by atoms with E-state index in [-0.39, 0.29) is 48.7 Å². The molecule has 15 aromatic rings. The molecule has 10 heteroatoms. The Morgan fingerprint density at radius 3 is 0.800 bits per heavy atom. The van der Waals surface area contributed by atoms with Crippen molar-refractivity contribution in [2.75, 3.05) is 9.80 Å². The van der Waals surface area contributed by atoms with Gasteiger partial charge in [-0.25, -0.2) is 0 Å². The van der Waals surface area contributed by atoms with Gasteiger partial charge in [-0.1, -0.05) is 262 Å². The van der Waals surface area contributed by atoms with Gasteiger partial charge in [-0.05, 0) is 246 Å². The minimum Gasteiger partial charge on any atom is -0.310 e. The van der Waals surface area contributed by atoms with Gasteiger partial charge >= 0.3 is 0 Å². The number of benzene rings is 9. The number of hydrogen-bond donors (Lipinski definition) is 0. The lowest BCUT2D eigenvalue weighted by molar-refractivity contribution is 0.569. The summed E-state index contributed by atoms with van der Waals surface area (Å²) in [6.45, 7) is 68.9. The lowest BCUT2D eigenvalue weighted by Crippen LogP contribution is -2.61. The van der Waals surface area contributed by atoms with Crippen molar-refractivity contribution in [1.29, 1.82) is 5.26 Å². The highest BCUT2D eigenvalue weighted by Gasteiger charge is 2.48. The molecule has 8 heterocycles. The Morgan fingerprint density at radius 2 is 0.528 bits per heavy atom. The summed E-state index contributed by atoms with van der Waals surface area (Å²) in [7, 11) is 0. The summed E-state index contributed by atoms with van der Waals surface area (Å²) < 4.78 is 5.01. The first-order chi connectivity index (χ1) is 58.2. The van der Waals surface area contributed by atoms with Crippen LogP contribution in [0.4, 0.5) is 34.1 Å². The van der Waals surface area contributed by atoms with Gasteiger partial charge in [0.2, 0.25) is 0 Å². The fraction of sp³-hybridized carbons (Fsp3) is 0.348. The molecule has 0 bridgehead atoms. The zero-order valence-electron chi connectivity index (χ0n) is 79.9. The molecule has 9 nitrogen and oxygen atoms in total. The summed E-state index contributed by atoms with van der Waals surface area (Å²) in [5, 5.41) is 15.4. The summed E-state index contributed by atoms with van der Waals surface area (Å²) in [4.78, 5) is 29.0. The van der Waals surface area contributed by atoms with Crippen molar-refractivity contribution in [1.82, 2.24) is 29.1 Å². The molecule has 0 atom stereocenters. The van der Waals surface area contributed by atoms with E-state index in [0.717, 1.165) is 168 Å². The number of aromatic nitrogens is 6. The van der Waals surface area contributed by atoms with Crippen LogP contribution in [0.25, 0.3) is 100 Å². The molecule has 0 spiro atoms. The average molecular weight is 1650 g/mol. The van der Waals surface area contributed by atoms with Gasteiger partial charge in [-0.2, -0.15) is 5.26 Å². The fourth-order valence-electron chi connectivity index (χ4n) is 18.6. The molecule has 0 saturated heterocycles. The third-order valence-corrected chi connectivity index (χ3v) is 26.3. The first kappa shape index (κ1) is 85.5. The third kappa shape index (κ3) is 15.2. The Labute approximate surface area is 744 Å². The summed E-state index contributed by atoms with van der Waals surface area (Å²) in [6, 6.07) is 86.6. The van der Waals surface area contributed by atoms with Gasteiger partial charge < -0.3 is 18.9 Å². The highest BCUT2D eigenvalue weighted by atomic mass is 15.2. The second-order valence-electron chi connectivity index (χ2n) is 46.2. The highest BCUT2D eigenvalue weighted by molar-refractivity contribution is 7.00. The predicted octanol–water partition coefficient (Wildman–Crippen LogP) is 29.1. The Balaban J connectivity index is 1.11. The van der Waals surface area contributed by atoms with E-state index in [9.17, 15) is 5.26 Å². The number of fused-ring (bicyclic) bond motifs is 10. The van der Waals surface area contributed by atoms with Crippen molar-refractivity contribution < 1.29 is 0 Å². The molecule has 0 saturated carbocycles. The van der Waals surface area contributed by atoms with E-state index in [2.05, 4.69) is 445 Å². The van der Waals surface area contributed by atoms with E-state index >= 15 is 0 Å². The van der Waals surface area contributed by atoms with Crippen molar-refractivity contribution >= 4 is 101 Å². The normalized spacial score (nSPS) is 13.8. The quantitative estimate of drug-likeness (QED) is 0.140. The van der Waals surface area contributed by atoms with Gasteiger partial charge in [-0.3, -0.25) is 19.9 Å². The molecule has 0 N–H and O–H groups in total. The molecule has 17 rings (SSSR count). The standard InChI is InChI=1S/C115H126BN9/c1-106(2,3)69-44-52-92-78(56-69)77-55-68(67-117)43-51-91(77)122(92)75-47-49-85-95(65-75)124(104-81(87-35-31-39-99(118-87)112(19,20)21)59-72(109(10,11)12)60-82(104)88-36-32-40-100(119-88)113(22,23)24)97-63-74(111(16,17)18)64-98-103(97)116(85)86-50-48-76(123-93-53-45-70(107(4,5)6)57-79(93)80-58-71(108(7,8)9)46-54-94(80)123)66-96(86)125(98)105-83(89-37-33-41-101(120-89)114(25,26)27)61-73(110(13,14)15)62-84(105)90-38-34-42-102(121-90)115(28,29)30/h31-66H,1-30H3. The van der Waals surface area contributed by atoms with Crippen LogP contribution in [-0.4, -0.2) is 35.8 Å². The van der Waals surface area contributed by atoms with E-state index < -0.39 is 12.1 Å². The SMILES string of the molecule is CC(C)(C)c1cc(-c2cccc(C(C)(C)C)n2)c(N2c3cc(-n4c5ccc(C#N)cc5c5cc(C(C)(C)C)ccc54)ccc3B3c4ccc(-n5c6ccc(C(C)(C)C)cc6c6cc(C(C)(C)C)ccc65)cc4N(c4c(-c5cccc(C(C)(C)C)n5)cc(C(C)(C)C)cc4-c4cccc(C(C)(C)C)n4)c4cc(C(C)(C)C)cc2c43)c(-c2cccc(C(C)(C)C)n2)c1. The summed E-state index contributed by atoms with van der Waals surface area (Å²) >= 11 is 0. The molecule has 125 heavy (non-hydrogen) atoms. The van der Waals surface area contributed by atoms with Crippen molar-refractivity contribution in [2.45, 2.75) is 262 Å². The van der Waals surface area contributed by atoms with Crippen LogP contribution in [0.2, 0.25) is 0 Å². The lowest BCUT2D eigenvalue weighted by atomic mass is 9.33. The van der Waals surface area contributed by atoms with Crippen LogP contribution in [0.3, 0.4) is 0 Å². The number of hydrogen-bond acceptors (Lipinski definition) is 7. The number of pyridine rings is 4. The largest absolute Gasteiger partial charge is 0.310 e. The van der Waals surface area contributed by atoms with Gasteiger partial charge in [0.1, 0.15) is 0 Å². The van der Waals surface area contributed by atoms with Crippen LogP contribution in [0.15, 0.2) is 218 Å². The van der Waals surface area contributed by atoms with Gasteiger partial charge in [-0.15, -0.1) is 0 Å². The maximum atomic E-state index is 10.8. The maximum Gasteiger partial charge on any atom is 0.252 e. The molecule has 2 aliphatic rings. The molecule has 0 aliphatic carbocycles. The van der Waals surface area contributed by atoms with Crippen LogP contribution < -0.4 is 26.2 Å². The zero-order chi connectivity index (χ0) is 89.8. The van der Waals surface area contributed by atoms with Gasteiger partial charge in [0.25, 0.3) is 6.71 Å².